The number of benzene rings is 2. The van der Waals surface area contributed by atoms with Gasteiger partial charge in [-0.3, -0.25) is 14.8 Å². The van der Waals surface area contributed by atoms with Crippen LogP contribution < -0.4 is 5.19 Å². The monoisotopic (exact) mass is 981 g/mol. The van der Waals surface area contributed by atoms with Crippen LogP contribution in [-0.2, 0) is 35.7 Å². The quantitative estimate of drug-likeness (QED) is 0.0689. The van der Waals surface area contributed by atoms with Gasteiger partial charge >= 0.3 is 0 Å². The Bertz CT molecular complexity index is 2270. The topological polar surface area (TPSA) is 76.0 Å². The molecule has 0 saturated carbocycles. The van der Waals surface area contributed by atoms with Gasteiger partial charge in [-0.1, -0.05) is 156 Å². The maximum absolute atomic E-state index is 12.3. The first-order valence-corrected chi connectivity index (χ1v) is 24.9. The van der Waals surface area contributed by atoms with Gasteiger partial charge in [0.2, 0.25) is 0 Å². The van der Waals surface area contributed by atoms with E-state index in [1.807, 2.05) is 18.3 Å². The molecule has 57 heavy (non-hydrogen) atoms. The van der Waals surface area contributed by atoms with Gasteiger partial charge in [0.1, 0.15) is 6.33 Å². The van der Waals surface area contributed by atoms with E-state index in [9.17, 15) is 9.90 Å². The van der Waals surface area contributed by atoms with Crippen molar-refractivity contribution in [1.82, 2.24) is 15.0 Å². The zero-order valence-electron chi connectivity index (χ0n) is 37.5. The number of aliphatic hydroxyl groups excluding tert-OH is 1. The number of thiophene rings is 1. The molecule has 3 heterocycles. The van der Waals surface area contributed by atoms with Crippen molar-refractivity contribution in [2.75, 3.05) is 0 Å². The number of hydrogen-bond acceptors (Lipinski definition) is 6. The molecule has 3 aromatic heterocycles. The van der Waals surface area contributed by atoms with Crippen LogP contribution in [0.3, 0.4) is 0 Å². The molecule has 1 radical (unpaired) electrons. The summed E-state index contributed by atoms with van der Waals surface area (Å²) in [5.74, 6) is 1.63. The molecule has 5 nitrogen and oxygen atoms in total. The Morgan fingerprint density at radius 2 is 1.46 bits per heavy atom. The minimum Gasteiger partial charge on any atom is -0.512 e. The summed E-state index contributed by atoms with van der Waals surface area (Å²) in [6, 6.07) is 17.3. The second-order valence-corrected chi connectivity index (χ2v) is 26.1. The molecule has 2 aromatic carbocycles. The van der Waals surface area contributed by atoms with Crippen LogP contribution in [0.25, 0.3) is 42.8 Å². The molecule has 0 bridgehead atoms. The summed E-state index contributed by atoms with van der Waals surface area (Å²) >= 11 is 1.85. The molecule has 5 aromatic rings. The van der Waals surface area contributed by atoms with Gasteiger partial charge in [0, 0.05) is 75.5 Å². The van der Waals surface area contributed by atoms with E-state index in [2.05, 4.69) is 152 Å². The molecular weight excluding hydrogens is 915 g/mol. The van der Waals surface area contributed by atoms with Crippen LogP contribution in [0.15, 0.2) is 54.6 Å². The normalized spacial score (nSPS) is 14.2. The molecule has 0 fully saturated rings. The summed E-state index contributed by atoms with van der Waals surface area (Å²) in [6.07, 6.45) is 3.22. The number of rotatable bonds is 9. The van der Waals surface area contributed by atoms with Crippen LogP contribution in [0.4, 0.5) is 0 Å². The van der Waals surface area contributed by atoms with Crippen LogP contribution in [0.5, 0.6) is 0 Å². The summed E-state index contributed by atoms with van der Waals surface area (Å²) in [5, 5.41) is 12.8. The Hall–Kier alpha value is -3.03. The Labute approximate surface area is 362 Å². The number of nitrogens with zero attached hydrogens (tertiary/aromatic N) is 3. The standard InChI is InChI=1S/C32H34N3SSi.C17H32O2.Ir/c1-18-10-11-19-14-20(15-24(26(19)35-18)31(2,3)4)27-30-28(34-17-33-27)25-29(36-30)22-16-21(37(7,8)9)12-13-23(22)32(25,5)6;1-10(2)16(11(3)4)14(18)9-15(19)17(12(5)6)13(7)8;/h10-13,15-17H,1-9H3;9-13,16-18H,1-8H3;/q-1;;/b;14-9-;. The van der Waals surface area contributed by atoms with E-state index in [4.69, 9.17) is 15.0 Å². The number of hydrogen-bond donors (Lipinski definition) is 1. The predicted octanol–water partition coefficient (Wildman–Crippen LogP) is 13.0. The molecule has 1 aliphatic carbocycles. The number of fused-ring (bicyclic) bond motifs is 6. The Morgan fingerprint density at radius 1 is 0.860 bits per heavy atom. The largest absolute Gasteiger partial charge is 0.512 e. The molecule has 1 N–H and O–H groups in total. The van der Waals surface area contributed by atoms with Gasteiger partial charge in [-0.2, -0.15) is 0 Å². The van der Waals surface area contributed by atoms with Gasteiger partial charge in [0.05, 0.1) is 19.3 Å². The molecule has 6 rings (SSSR count). The van der Waals surface area contributed by atoms with Gasteiger partial charge in [-0.05, 0) is 47.1 Å². The van der Waals surface area contributed by atoms with Crippen LogP contribution in [0, 0.1) is 48.5 Å². The van der Waals surface area contributed by atoms with Crippen molar-refractivity contribution in [3.63, 3.8) is 0 Å². The fourth-order valence-corrected chi connectivity index (χ4v) is 11.5. The van der Waals surface area contributed by atoms with Gasteiger partial charge in [-0.15, -0.1) is 29.5 Å². The van der Waals surface area contributed by atoms with E-state index in [-0.39, 0.29) is 54.3 Å². The van der Waals surface area contributed by atoms with Crippen molar-refractivity contribution < 1.29 is 30.0 Å². The number of pyridine rings is 1. The van der Waals surface area contributed by atoms with Gasteiger partial charge < -0.3 is 5.11 Å². The second-order valence-electron chi connectivity index (χ2n) is 20.0. The smallest absolute Gasteiger partial charge is 0.162 e. The van der Waals surface area contributed by atoms with Crippen molar-refractivity contribution >= 4 is 51.5 Å². The molecule has 0 saturated heterocycles. The molecule has 1 aliphatic rings. The van der Waals surface area contributed by atoms with E-state index >= 15 is 0 Å². The zero-order chi connectivity index (χ0) is 41.8. The van der Waals surface area contributed by atoms with E-state index in [1.165, 1.54) is 38.4 Å². The maximum atomic E-state index is 12.3. The third-order valence-electron chi connectivity index (χ3n) is 11.6. The van der Waals surface area contributed by atoms with Crippen LogP contribution >= 0.6 is 11.3 Å². The minimum absolute atomic E-state index is 0. The van der Waals surface area contributed by atoms with Gasteiger partial charge in [-0.25, -0.2) is 4.98 Å². The molecule has 8 heteroatoms. The third kappa shape index (κ3) is 9.40. The molecular formula is C49H66IrN3O2SSi-. The minimum atomic E-state index is -1.44. The van der Waals surface area contributed by atoms with Crippen molar-refractivity contribution in [3.05, 3.63) is 83.0 Å². The van der Waals surface area contributed by atoms with E-state index in [0.717, 1.165) is 38.1 Å². The number of aliphatic hydroxyl groups is 1. The summed E-state index contributed by atoms with van der Waals surface area (Å²) in [7, 11) is -1.44. The molecule has 0 atom stereocenters. The van der Waals surface area contributed by atoms with Crippen molar-refractivity contribution in [2.45, 2.75) is 127 Å². The van der Waals surface area contributed by atoms with Crippen LogP contribution in [-0.4, -0.2) is 33.9 Å². The molecule has 0 aliphatic heterocycles. The predicted molar refractivity (Wildman–Crippen MR) is 243 cm³/mol. The Kier molecular flexibility index (Phi) is 14.1. The first-order valence-electron chi connectivity index (χ1n) is 20.6. The first kappa shape index (κ1) is 46.7. The van der Waals surface area contributed by atoms with Crippen molar-refractivity contribution in [3.8, 4) is 21.7 Å². The fourth-order valence-electron chi connectivity index (χ4n) is 8.92. The van der Waals surface area contributed by atoms with Crippen LogP contribution in [0.2, 0.25) is 19.6 Å². The number of carbonyl (C=O) groups is 1. The number of carbonyl (C=O) groups excluding carboxylic acids is 1. The summed E-state index contributed by atoms with van der Waals surface area (Å²) in [6.45, 7) is 37.3. The van der Waals surface area contributed by atoms with E-state index in [0.29, 0.717) is 23.7 Å². The number of aromatic nitrogens is 3. The summed E-state index contributed by atoms with van der Waals surface area (Å²) in [5.41, 5.74) is 10.3. The maximum Gasteiger partial charge on any atom is 0.162 e. The number of ketones is 1. The Morgan fingerprint density at radius 3 is 2.00 bits per heavy atom. The third-order valence-corrected chi connectivity index (χ3v) is 14.9. The molecule has 309 valence electrons. The van der Waals surface area contributed by atoms with Crippen molar-refractivity contribution in [1.29, 1.82) is 0 Å². The van der Waals surface area contributed by atoms with Crippen LogP contribution in [0.1, 0.15) is 112 Å². The molecule has 0 amide bonds. The zero-order valence-corrected chi connectivity index (χ0v) is 41.7. The molecule has 0 unspecified atom stereocenters. The van der Waals surface area contributed by atoms with E-state index in [1.54, 1.807) is 6.33 Å². The fraction of sp³-hybridized carbons (Fsp3) is 0.510. The molecule has 0 spiro atoms. The van der Waals surface area contributed by atoms with Gasteiger partial charge in [0.25, 0.3) is 0 Å². The van der Waals surface area contributed by atoms with Gasteiger partial charge in [0.15, 0.2) is 5.78 Å². The average molecular weight is 981 g/mol. The summed E-state index contributed by atoms with van der Waals surface area (Å²) in [4.78, 5) is 28.3. The van der Waals surface area contributed by atoms with E-state index < -0.39 is 8.07 Å². The number of allylic oxidation sites excluding steroid dienone is 2. The summed E-state index contributed by atoms with van der Waals surface area (Å²) < 4.78 is 1.15. The SMILES string of the molecule is CC(C)C(C(=O)/C=C(\O)C(C(C)C)C(C)C)C(C)C.Cc1ccc2[c-]c(-c3ncnc4c5c(sc34)-c3cc([Si](C)(C)C)ccc3C5(C)C)cc(C(C)(C)C)c2n1.[Ir]. The average Bonchev–Trinajstić information content (AvgIpc) is 3.56. The van der Waals surface area contributed by atoms with Crippen molar-refractivity contribution in [2.24, 2.45) is 35.5 Å². The first-order chi connectivity index (χ1) is 25.9. The second kappa shape index (κ2) is 17.3. The Balaban J connectivity index is 0.000000309. The number of aryl methyl sites for hydroxylation is 1.